The number of imidazole rings is 1. The van der Waals surface area contributed by atoms with Gasteiger partial charge in [-0.3, -0.25) is 9.48 Å². The second kappa shape index (κ2) is 9.75. The van der Waals surface area contributed by atoms with Crippen molar-refractivity contribution >= 4 is 17.3 Å². The number of hydrogen-bond acceptors (Lipinski definition) is 7. The lowest BCUT2D eigenvalue weighted by molar-refractivity contribution is 0.0472. The molecule has 0 bridgehead atoms. The number of aliphatic hydroxyl groups excluding tert-OH is 1. The lowest BCUT2D eigenvalue weighted by Crippen LogP contribution is -2.30. The zero-order valence-electron chi connectivity index (χ0n) is 18.4. The highest BCUT2D eigenvalue weighted by Gasteiger charge is 2.23. The summed E-state index contributed by atoms with van der Waals surface area (Å²) in [6, 6.07) is 11.2. The molecule has 0 aliphatic carbocycles. The van der Waals surface area contributed by atoms with E-state index in [-0.39, 0.29) is 18.6 Å². The fraction of sp³-hybridized carbons (Fsp3) is 0.250. The van der Waals surface area contributed by atoms with E-state index < -0.39 is 0 Å². The topological polar surface area (TPSA) is 115 Å². The number of pyridine rings is 1. The number of nitrogens with one attached hydrogen (secondary N) is 1. The van der Waals surface area contributed by atoms with Gasteiger partial charge in [0.25, 0.3) is 5.91 Å². The first-order valence-corrected chi connectivity index (χ1v) is 11.0. The third kappa shape index (κ3) is 4.76. The molecule has 1 aliphatic heterocycles. The first kappa shape index (κ1) is 21.7. The van der Waals surface area contributed by atoms with Crippen molar-refractivity contribution in [2.24, 2.45) is 5.16 Å². The second-order valence-corrected chi connectivity index (χ2v) is 7.91. The number of ether oxygens (including phenoxy) is 1. The SMILES string of the molecule is O=C(NCC1=NOC(COc2ccccc2-c2cnn(CCO)c2)C1)c1ccc2nccn2c1. The number of nitrogens with zero attached hydrogens (tertiary/aromatic N) is 5. The van der Waals surface area contributed by atoms with Crippen LogP contribution in [0.3, 0.4) is 0 Å². The standard InChI is InChI=1S/C24H24N6O4/c31-10-9-30-15-18(12-27-30)21-3-1-2-4-22(21)33-16-20-11-19(28-34-20)13-26-24(32)17-5-6-23-25-7-8-29(23)14-17/h1-8,12,14-15,20,31H,9-11,13,16H2,(H,26,32). The van der Waals surface area contributed by atoms with Crippen LogP contribution in [-0.4, -0.2) is 61.8 Å². The molecule has 1 unspecified atom stereocenters. The van der Waals surface area contributed by atoms with E-state index in [2.05, 4.69) is 20.6 Å². The third-order valence-corrected chi connectivity index (χ3v) is 5.48. The van der Waals surface area contributed by atoms with Crippen LogP contribution >= 0.6 is 0 Å². The summed E-state index contributed by atoms with van der Waals surface area (Å²) in [4.78, 5) is 22.2. The van der Waals surface area contributed by atoms with Gasteiger partial charge in [0.05, 0.1) is 37.2 Å². The van der Waals surface area contributed by atoms with Crippen LogP contribution in [0.15, 0.2) is 72.5 Å². The fourth-order valence-electron chi connectivity index (χ4n) is 3.76. The molecule has 10 nitrogen and oxygen atoms in total. The van der Waals surface area contributed by atoms with Crippen LogP contribution in [-0.2, 0) is 11.4 Å². The molecule has 0 fully saturated rings. The average Bonchev–Trinajstić information content (AvgIpc) is 3.62. The summed E-state index contributed by atoms with van der Waals surface area (Å²) in [5, 5.41) is 20.4. The van der Waals surface area contributed by atoms with Crippen molar-refractivity contribution < 1.29 is 19.5 Å². The molecule has 4 aromatic rings. The number of fused-ring (bicyclic) bond motifs is 1. The molecular weight excluding hydrogens is 436 g/mol. The van der Waals surface area contributed by atoms with Crippen molar-refractivity contribution in [2.45, 2.75) is 19.1 Å². The summed E-state index contributed by atoms with van der Waals surface area (Å²) in [6.45, 7) is 1.09. The first-order valence-electron chi connectivity index (χ1n) is 11.0. The minimum Gasteiger partial charge on any atom is -0.489 e. The van der Waals surface area contributed by atoms with Crippen molar-refractivity contribution in [3.63, 3.8) is 0 Å². The molecule has 1 atom stereocenters. The highest BCUT2D eigenvalue weighted by atomic mass is 16.7. The van der Waals surface area contributed by atoms with E-state index in [0.29, 0.717) is 37.4 Å². The average molecular weight is 460 g/mol. The number of para-hydroxylation sites is 1. The zero-order chi connectivity index (χ0) is 23.3. The first-order chi connectivity index (χ1) is 16.7. The fourth-order valence-corrected chi connectivity index (χ4v) is 3.76. The number of carbonyl (C=O) groups excluding carboxylic acids is 1. The zero-order valence-corrected chi connectivity index (χ0v) is 18.4. The van der Waals surface area contributed by atoms with Crippen molar-refractivity contribution in [2.75, 3.05) is 19.8 Å². The minimum absolute atomic E-state index is 0.0287. The summed E-state index contributed by atoms with van der Waals surface area (Å²) in [5.41, 5.74) is 3.90. The maximum absolute atomic E-state index is 12.5. The Morgan fingerprint density at radius 3 is 3.06 bits per heavy atom. The number of carbonyl (C=O) groups is 1. The van der Waals surface area contributed by atoms with Gasteiger partial charge in [-0.1, -0.05) is 23.4 Å². The minimum atomic E-state index is -0.237. The predicted molar refractivity (Wildman–Crippen MR) is 125 cm³/mol. The van der Waals surface area contributed by atoms with E-state index >= 15 is 0 Å². The maximum atomic E-state index is 12.5. The number of benzene rings is 1. The molecule has 1 aliphatic rings. The van der Waals surface area contributed by atoms with Crippen molar-refractivity contribution in [1.29, 1.82) is 0 Å². The van der Waals surface area contributed by atoms with E-state index in [0.717, 1.165) is 22.5 Å². The number of aromatic nitrogens is 4. The lowest BCUT2D eigenvalue weighted by atomic mass is 10.1. The molecule has 1 amide bonds. The number of oxime groups is 1. The predicted octanol–water partition coefficient (Wildman–Crippen LogP) is 2.14. The molecule has 0 spiro atoms. The summed E-state index contributed by atoms with van der Waals surface area (Å²) >= 11 is 0. The summed E-state index contributed by atoms with van der Waals surface area (Å²) in [6.07, 6.45) is 9.18. The van der Waals surface area contributed by atoms with E-state index in [1.54, 1.807) is 46.0 Å². The molecule has 3 aromatic heterocycles. The maximum Gasteiger partial charge on any atom is 0.253 e. The number of amides is 1. The highest BCUT2D eigenvalue weighted by molar-refractivity contribution is 5.98. The van der Waals surface area contributed by atoms with E-state index in [9.17, 15) is 4.79 Å². The van der Waals surface area contributed by atoms with Gasteiger partial charge in [-0.25, -0.2) is 4.98 Å². The summed E-state index contributed by atoms with van der Waals surface area (Å²) in [7, 11) is 0. The Kier molecular flexibility index (Phi) is 6.21. The Bertz CT molecular complexity index is 1330. The van der Waals surface area contributed by atoms with Crippen LogP contribution in [0.1, 0.15) is 16.8 Å². The molecule has 4 heterocycles. The number of aliphatic hydroxyl groups is 1. The normalized spacial score (nSPS) is 15.2. The van der Waals surface area contributed by atoms with Crippen LogP contribution in [0, 0.1) is 0 Å². The quantitative estimate of drug-likeness (QED) is 0.396. The third-order valence-electron chi connectivity index (χ3n) is 5.48. The van der Waals surface area contributed by atoms with Gasteiger partial charge >= 0.3 is 0 Å². The Morgan fingerprint density at radius 1 is 1.24 bits per heavy atom. The van der Waals surface area contributed by atoms with E-state index in [1.165, 1.54) is 0 Å². The van der Waals surface area contributed by atoms with E-state index in [1.807, 2.05) is 30.5 Å². The van der Waals surface area contributed by atoms with Gasteiger partial charge in [-0.15, -0.1) is 0 Å². The van der Waals surface area contributed by atoms with Crippen molar-refractivity contribution in [3.05, 3.63) is 72.9 Å². The largest absolute Gasteiger partial charge is 0.489 e. The van der Waals surface area contributed by atoms with Gasteiger partial charge in [0.2, 0.25) is 0 Å². The van der Waals surface area contributed by atoms with Crippen LogP contribution < -0.4 is 10.1 Å². The van der Waals surface area contributed by atoms with Gasteiger partial charge in [-0.2, -0.15) is 5.10 Å². The molecule has 1 aromatic carbocycles. The van der Waals surface area contributed by atoms with Gasteiger partial charge in [0.15, 0.2) is 6.10 Å². The molecule has 2 N–H and O–H groups in total. The molecule has 5 rings (SSSR count). The van der Waals surface area contributed by atoms with Gasteiger partial charge in [0, 0.05) is 42.3 Å². The molecule has 10 heteroatoms. The van der Waals surface area contributed by atoms with Crippen molar-refractivity contribution in [3.8, 4) is 16.9 Å². The van der Waals surface area contributed by atoms with Crippen LogP contribution in [0.4, 0.5) is 0 Å². The molecule has 0 saturated heterocycles. The Morgan fingerprint density at radius 2 is 2.15 bits per heavy atom. The monoisotopic (exact) mass is 460 g/mol. The molecule has 34 heavy (non-hydrogen) atoms. The molecule has 174 valence electrons. The smallest absolute Gasteiger partial charge is 0.253 e. The highest BCUT2D eigenvalue weighted by Crippen LogP contribution is 2.30. The second-order valence-electron chi connectivity index (χ2n) is 7.91. The van der Waals surface area contributed by atoms with Crippen molar-refractivity contribution in [1.82, 2.24) is 24.5 Å². The number of rotatable bonds is 9. The van der Waals surface area contributed by atoms with Gasteiger partial charge < -0.3 is 24.4 Å². The molecule has 0 radical (unpaired) electrons. The Balaban J connectivity index is 1.13. The molecular formula is C24H24N6O4. The van der Waals surface area contributed by atoms with Crippen LogP contribution in [0.5, 0.6) is 5.75 Å². The van der Waals surface area contributed by atoms with Crippen LogP contribution in [0.25, 0.3) is 16.8 Å². The summed E-state index contributed by atoms with van der Waals surface area (Å²) in [5.74, 6) is 0.528. The van der Waals surface area contributed by atoms with Crippen LogP contribution in [0.2, 0.25) is 0 Å². The summed E-state index contributed by atoms with van der Waals surface area (Å²) < 4.78 is 9.53. The van der Waals surface area contributed by atoms with E-state index in [4.69, 9.17) is 14.7 Å². The lowest BCUT2D eigenvalue weighted by Gasteiger charge is -2.13. The Labute approximate surface area is 195 Å². The number of hydrogen-bond donors (Lipinski definition) is 2. The van der Waals surface area contributed by atoms with Gasteiger partial charge in [-0.05, 0) is 18.2 Å². The van der Waals surface area contributed by atoms with Gasteiger partial charge in [0.1, 0.15) is 18.0 Å². The molecule has 0 saturated carbocycles. The Hall–Kier alpha value is -4.18.